The number of nitrogens with two attached hydrogens (primary N) is 1. The lowest BCUT2D eigenvalue weighted by molar-refractivity contribution is -0.143. The first-order valence-corrected chi connectivity index (χ1v) is 8.57. The van der Waals surface area contributed by atoms with Crippen LogP contribution in [0, 0.1) is 11.8 Å². The van der Waals surface area contributed by atoms with Gasteiger partial charge in [-0.15, -0.1) is 0 Å². The van der Waals surface area contributed by atoms with Crippen LogP contribution in [0.2, 0.25) is 0 Å². The van der Waals surface area contributed by atoms with Crippen molar-refractivity contribution >= 4 is 23.7 Å². The monoisotopic (exact) mass is 390 g/mol. The summed E-state index contributed by atoms with van der Waals surface area (Å²) in [5, 5.41) is 34.1. The number of carboxylic acid groups (broad SMARTS) is 1. The molecule has 0 heterocycles. The summed E-state index contributed by atoms with van der Waals surface area (Å²) >= 11 is 0. The third kappa shape index (κ3) is 7.89. The smallest absolute Gasteiger partial charge is 0.328 e. The quantitative estimate of drug-likeness (QED) is 0.196. The van der Waals surface area contributed by atoms with E-state index in [-0.39, 0.29) is 5.92 Å². The summed E-state index contributed by atoms with van der Waals surface area (Å²) < 4.78 is 0. The number of aliphatic hydroxyl groups excluding tert-OH is 2. The average Bonchev–Trinajstić information content (AvgIpc) is 2.59. The van der Waals surface area contributed by atoms with Crippen molar-refractivity contribution in [2.45, 2.75) is 51.9 Å². The van der Waals surface area contributed by atoms with Crippen molar-refractivity contribution < 1.29 is 34.5 Å². The highest BCUT2D eigenvalue weighted by atomic mass is 16.4. The summed E-state index contributed by atoms with van der Waals surface area (Å²) in [6, 6.07) is -4.87. The predicted octanol–water partition coefficient (Wildman–Crippen LogP) is -2.85. The van der Waals surface area contributed by atoms with Gasteiger partial charge in [0, 0.05) is 0 Å². The maximum atomic E-state index is 12.3. The Morgan fingerprint density at radius 1 is 0.778 bits per heavy atom. The summed E-state index contributed by atoms with van der Waals surface area (Å²) in [4.78, 5) is 47.5. The van der Waals surface area contributed by atoms with Gasteiger partial charge in [0.05, 0.1) is 19.3 Å². The number of carbonyl (C=O) groups excluding carboxylic acids is 3. The second kappa shape index (κ2) is 11.5. The van der Waals surface area contributed by atoms with Gasteiger partial charge >= 0.3 is 5.97 Å². The molecule has 0 rings (SSSR count). The maximum Gasteiger partial charge on any atom is 0.328 e. The van der Waals surface area contributed by atoms with Crippen molar-refractivity contribution in [1.29, 1.82) is 0 Å². The van der Waals surface area contributed by atoms with Crippen LogP contribution in [0.25, 0.3) is 0 Å². The molecule has 4 atom stereocenters. The maximum absolute atomic E-state index is 12.3. The molecule has 0 radical (unpaired) electrons. The Hall–Kier alpha value is -2.24. The molecule has 4 unspecified atom stereocenters. The van der Waals surface area contributed by atoms with E-state index < -0.39 is 67.0 Å². The summed E-state index contributed by atoms with van der Waals surface area (Å²) in [6.45, 7) is 5.13. The number of aliphatic hydroxyl groups is 2. The van der Waals surface area contributed by atoms with Gasteiger partial charge in [-0.25, -0.2) is 4.79 Å². The number of hydrogen-bond acceptors (Lipinski definition) is 7. The summed E-state index contributed by atoms with van der Waals surface area (Å²) in [5.74, 6) is -4.32. The number of amides is 3. The minimum atomic E-state index is -1.52. The molecule has 3 amide bonds. The number of aliphatic carboxylic acids is 1. The van der Waals surface area contributed by atoms with Crippen LogP contribution in [0.5, 0.6) is 0 Å². The molecule has 0 aromatic rings. The standard InChI is InChI=1S/C16H30N4O7/c1-7(2)11(17)14(24)18-9(5-21)13(23)20-12(8(3)4)15(25)19-10(6-22)16(26)27/h7-12,21-22H,5-6,17H2,1-4H3,(H,18,24)(H,19,25)(H,20,23)(H,26,27). The van der Waals surface area contributed by atoms with Gasteiger partial charge in [0.25, 0.3) is 0 Å². The Morgan fingerprint density at radius 3 is 1.63 bits per heavy atom. The van der Waals surface area contributed by atoms with E-state index in [1.165, 1.54) is 0 Å². The first kappa shape index (κ1) is 24.8. The van der Waals surface area contributed by atoms with Gasteiger partial charge in [-0.1, -0.05) is 27.7 Å². The van der Waals surface area contributed by atoms with Crippen LogP contribution < -0.4 is 21.7 Å². The molecule has 0 saturated heterocycles. The number of hydrogen-bond donors (Lipinski definition) is 7. The summed E-state index contributed by atoms with van der Waals surface area (Å²) in [6.07, 6.45) is 0. The van der Waals surface area contributed by atoms with Gasteiger partial charge in [-0.2, -0.15) is 0 Å². The first-order chi connectivity index (χ1) is 12.5. The third-order valence-electron chi connectivity index (χ3n) is 3.88. The molecule has 11 nitrogen and oxygen atoms in total. The second-order valence-corrected chi connectivity index (χ2v) is 6.83. The lowest BCUT2D eigenvalue weighted by atomic mass is 10.0. The molecule has 0 aliphatic rings. The number of carbonyl (C=O) groups is 4. The van der Waals surface area contributed by atoms with E-state index in [1.54, 1.807) is 27.7 Å². The van der Waals surface area contributed by atoms with Gasteiger partial charge < -0.3 is 37.0 Å². The lowest BCUT2D eigenvalue weighted by Gasteiger charge is -2.26. The second-order valence-electron chi connectivity index (χ2n) is 6.83. The van der Waals surface area contributed by atoms with Crippen molar-refractivity contribution in [2.24, 2.45) is 17.6 Å². The van der Waals surface area contributed by atoms with E-state index >= 15 is 0 Å². The molecular formula is C16H30N4O7. The van der Waals surface area contributed by atoms with E-state index in [0.29, 0.717) is 0 Å². The van der Waals surface area contributed by atoms with Gasteiger partial charge in [0.15, 0.2) is 0 Å². The van der Waals surface area contributed by atoms with Crippen LogP contribution in [-0.4, -0.2) is 76.4 Å². The molecule has 0 fully saturated rings. The molecule has 0 saturated carbocycles. The van der Waals surface area contributed by atoms with Crippen LogP contribution in [0.1, 0.15) is 27.7 Å². The van der Waals surface area contributed by atoms with Crippen molar-refractivity contribution in [2.75, 3.05) is 13.2 Å². The Morgan fingerprint density at radius 2 is 1.26 bits per heavy atom. The van der Waals surface area contributed by atoms with Crippen molar-refractivity contribution in [3.8, 4) is 0 Å². The Balaban J connectivity index is 5.10. The van der Waals surface area contributed by atoms with Crippen LogP contribution >= 0.6 is 0 Å². The molecule has 156 valence electrons. The third-order valence-corrected chi connectivity index (χ3v) is 3.88. The lowest BCUT2D eigenvalue weighted by Crippen LogP contribution is -2.59. The number of nitrogens with one attached hydrogen (secondary N) is 3. The predicted molar refractivity (Wildman–Crippen MR) is 95.3 cm³/mol. The molecule has 0 aromatic carbocycles. The normalized spacial score (nSPS) is 15.6. The fraction of sp³-hybridized carbons (Fsp3) is 0.750. The zero-order chi connectivity index (χ0) is 21.3. The van der Waals surface area contributed by atoms with E-state index in [2.05, 4.69) is 16.0 Å². The zero-order valence-corrected chi connectivity index (χ0v) is 15.9. The Labute approximate surface area is 157 Å². The molecule has 8 N–H and O–H groups in total. The highest BCUT2D eigenvalue weighted by Crippen LogP contribution is 2.04. The minimum Gasteiger partial charge on any atom is -0.480 e. The van der Waals surface area contributed by atoms with Crippen LogP contribution in [-0.2, 0) is 19.2 Å². The average molecular weight is 390 g/mol. The van der Waals surface area contributed by atoms with Gasteiger partial charge in [-0.05, 0) is 11.8 Å². The highest BCUT2D eigenvalue weighted by Gasteiger charge is 2.31. The van der Waals surface area contributed by atoms with E-state index in [9.17, 15) is 24.3 Å². The molecule has 0 bridgehead atoms. The SMILES string of the molecule is CC(C)C(N)C(=O)NC(CO)C(=O)NC(C(=O)NC(CO)C(=O)O)C(C)C. The highest BCUT2D eigenvalue weighted by molar-refractivity contribution is 5.94. The van der Waals surface area contributed by atoms with Crippen molar-refractivity contribution in [3.63, 3.8) is 0 Å². The number of carboxylic acids is 1. The van der Waals surface area contributed by atoms with Gasteiger partial charge in [0.2, 0.25) is 17.7 Å². The summed E-state index contributed by atoms with van der Waals surface area (Å²) in [7, 11) is 0. The molecule has 0 aromatic heterocycles. The fourth-order valence-electron chi connectivity index (χ4n) is 2.00. The molecule has 0 spiro atoms. The molecule has 27 heavy (non-hydrogen) atoms. The van der Waals surface area contributed by atoms with E-state index in [1.807, 2.05) is 0 Å². The Kier molecular flexibility index (Phi) is 10.5. The van der Waals surface area contributed by atoms with Crippen molar-refractivity contribution in [1.82, 2.24) is 16.0 Å². The van der Waals surface area contributed by atoms with E-state index in [0.717, 1.165) is 0 Å². The van der Waals surface area contributed by atoms with Crippen molar-refractivity contribution in [3.05, 3.63) is 0 Å². The molecular weight excluding hydrogens is 360 g/mol. The van der Waals surface area contributed by atoms with E-state index in [4.69, 9.17) is 15.9 Å². The largest absolute Gasteiger partial charge is 0.480 e. The molecule has 0 aliphatic carbocycles. The minimum absolute atomic E-state index is 0.187. The Bertz CT molecular complexity index is 539. The van der Waals surface area contributed by atoms with Crippen LogP contribution in [0.15, 0.2) is 0 Å². The van der Waals surface area contributed by atoms with Gasteiger partial charge in [0.1, 0.15) is 18.1 Å². The van der Waals surface area contributed by atoms with Gasteiger partial charge in [-0.3, -0.25) is 14.4 Å². The zero-order valence-electron chi connectivity index (χ0n) is 15.9. The van der Waals surface area contributed by atoms with Crippen LogP contribution in [0.4, 0.5) is 0 Å². The number of rotatable bonds is 11. The first-order valence-electron chi connectivity index (χ1n) is 8.57. The molecule has 0 aliphatic heterocycles. The molecule has 11 heteroatoms. The fourth-order valence-corrected chi connectivity index (χ4v) is 2.00. The summed E-state index contributed by atoms with van der Waals surface area (Å²) in [5.41, 5.74) is 5.69. The van der Waals surface area contributed by atoms with Crippen LogP contribution in [0.3, 0.4) is 0 Å². The topological polar surface area (TPSA) is 191 Å².